The van der Waals surface area contributed by atoms with Crippen LogP contribution in [0.25, 0.3) is 0 Å². The summed E-state index contributed by atoms with van der Waals surface area (Å²) in [5, 5.41) is 3.15. The summed E-state index contributed by atoms with van der Waals surface area (Å²) in [6, 6.07) is 3.97. The molecule has 4 nitrogen and oxygen atoms in total. The molecule has 16 heavy (non-hydrogen) atoms. The van der Waals surface area contributed by atoms with Gasteiger partial charge in [-0.3, -0.25) is 9.78 Å². The van der Waals surface area contributed by atoms with Gasteiger partial charge in [0.2, 0.25) is 0 Å². The Labute approximate surface area is 104 Å². The standard InChI is InChI=1S/C11H15BrN2O2/c1-8-3-4-9(6-14-8)5-13-7-10(12)11(15)16-2/h3-4,6,10,13H,5,7H2,1-2H3. The van der Waals surface area contributed by atoms with E-state index in [1.807, 2.05) is 25.3 Å². The molecule has 1 aromatic rings. The SMILES string of the molecule is COC(=O)C(Br)CNCc1ccc(C)nc1. The molecule has 5 heteroatoms. The average Bonchev–Trinajstić information content (AvgIpc) is 2.30. The number of nitrogens with zero attached hydrogens (tertiary/aromatic N) is 1. The van der Waals surface area contributed by atoms with Gasteiger partial charge >= 0.3 is 5.97 Å². The molecular weight excluding hydrogens is 272 g/mol. The molecule has 0 spiro atoms. The van der Waals surface area contributed by atoms with Gasteiger partial charge in [0.1, 0.15) is 4.83 Å². The van der Waals surface area contributed by atoms with Crippen molar-refractivity contribution in [3.05, 3.63) is 29.6 Å². The highest BCUT2D eigenvalue weighted by Gasteiger charge is 2.13. The maximum absolute atomic E-state index is 11.1. The van der Waals surface area contributed by atoms with Gasteiger partial charge in [-0.2, -0.15) is 0 Å². The number of alkyl halides is 1. The monoisotopic (exact) mass is 286 g/mol. The number of ether oxygens (including phenoxy) is 1. The fourth-order valence-electron chi connectivity index (χ4n) is 1.16. The summed E-state index contributed by atoms with van der Waals surface area (Å²) in [6.45, 7) is 3.16. The number of methoxy groups -OCH3 is 1. The topological polar surface area (TPSA) is 51.2 Å². The first-order valence-corrected chi connectivity index (χ1v) is 5.89. The first-order valence-electron chi connectivity index (χ1n) is 4.97. The molecule has 88 valence electrons. The van der Waals surface area contributed by atoms with E-state index in [-0.39, 0.29) is 10.8 Å². The molecule has 0 aromatic carbocycles. The predicted octanol–water partition coefficient (Wildman–Crippen LogP) is 1.42. The summed E-state index contributed by atoms with van der Waals surface area (Å²) in [4.78, 5) is 15.0. The van der Waals surface area contributed by atoms with Crippen LogP contribution in [0.1, 0.15) is 11.3 Å². The van der Waals surface area contributed by atoms with E-state index in [2.05, 4.69) is 31.0 Å². The number of esters is 1. The van der Waals surface area contributed by atoms with Crippen LogP contribution in [0.4, 0.5) is 0 Å². The minimum atomic E-state index is -0.309. The van der Waals surface area contributed by atoms with Gasteiger partial charge in [0.05, 0.1) is 7.11 Å². The van der Waals surface area contributed by atoms with Gasteiger partial charge < -0.3 is 10.1 Å². The second-order valence-electron chi connectivity index (χ2n) is 3.43. The maximum atomic E-state index is 11.1. The molecule has 1 aromatic heterocycles. The smallest absolute Gasteiger partial charge is 0.320 e. The van der Waals surface area contributed by atoms with Crippen molar-refractivity contribution < 1.29 is 9.53 Å². The van der Waals surface area contributed by atoms with Gasteiger partial charge in [-0.25, -0.2) is 0 Å². The van der Waals surface area contributed by atoms with Gasteiger partial charge in [-0.15, -0.1) is 0 Å². The van der Waals surface area contributed by atoms with Gasteiger partial charge in [0.15, 0.2) is 0 Å². The van der Waals surface area contributed by atoms with Crippen LogP contribution < -0.4 is 5.32 Å². The van der Waals surface area contributed by atoms with Crippen LogP contribution in [0.3, 0.4) is 0 Å². The third-order valence-corrected chi connectivity index (χ3v) is 2.78. The number of pyridine rings is 1. The molecule has 0 radical (unpaired) electrons. The zero-order valence-electron chi connectivity index (χ0n) is 9.37. The van der Waals surface area contributed by atoms with Crippen molar-refractivity contribution in [1.82, 2.24) is 10.3 Å². The van der Waals surface area contributed by atoms with Crippen molar-refractivity contribution in [3.8, 4) is 0 Å². The number of carbonyl (C=O) groups is 1. The molecule has 1 rings (SSSR count). The summed E-state index contributed by atoms with van der Waals surface area (Å²) in [6.07, 6.45) is 1.82. The zero-order chi connectivity index (χ0) is 12.0. The van der Waals surface area contributed by atoms with Crippen LogP contribution in [0.15, 0.2) is 18.3 Å². The fraction of sp³-hybridized carbons (Fsp3) is 0.455. The Morgan fingerprint density at radius 1 is 1.62 bits per heavy atom. The van der Waals surface area contributed by atoms with Gasteiger partial charge in [-0.1, -0.05) is 22.0 Å². The third-order valence-electron chi connectivity index (χ3n) is 2.08. The third kappa shape index (κ3) is 4.28. The van der Waals surface area contributed by atoms with Crippen molar-refractivity contribution in [1.29, 1.82) is 0 Å². The van der Waals surface area contributed by atoms with E-state index >= 15 is 0 Å². The van der Waals surface area contributed by atoms with E-state index in [9.17, 15) is 4.79 Å². The highest BCUT2D eigenvalue weighted by molar-refractivity contribution is 9.10. The summed E-state index contributed by atoms with van der Waals surface area (Å²) in [5.74, 6) is -0.269. The maximum Gasteiger partial charge on any atom is 0.320 e. The molecule has 0 aliphatic heterocycles. The molecule has 0 aliphatic carbocycles. The second-order valence-corrected chi connectivity index (χ2v) is 4.53. The van der Waals surface area contributed by atoms with Crippen molar-refractivity contribution in [3.63, 3.8) is 0 Å². The second kappa shape index (κ2) is 6.60. The first-order chi connectivity index (χ1) is 7.63. The average molecular weight is 287 g/mol. The molecule has 0 amide bonds. The molecule has 0 aliphatic rings. The molecular formula is C11H15BrN2O2. The summed E-state index contributed by atoms with van der Waals surface area (Å²) in [7, 11) is 1.38. The lowest BCUT2D eigenvalue weighted by atomic mass is 10.2. The molecule has 0 saturated heterocycles. The first kappa shape index (κ1) is 13.1. The lowest BCUT2D eigenvalue weighted by Crippen LogP contribution is -2.29. The Bertz CT molecular complexity index is 340. The Kier molecular flexibility index (Phi) is 5.42. The summed E-state index contributed by atoms with van der Waals surface area (Å²) in [5.41, 5.74) is 2.09. The van der Waals surface area contributed by atoms with E-state index in [0.717, 1.165) is 11.3 Å². The number of nitrogens with one attached hydrogen (secondary N) is 1. The van der Waals surface area contributed by atoms with Crippen molar-refractivity contribution in [2.45, 2.75) is 18.3 Å². The van der Waals surface area contributed by atoms with Gasteiger partial charge in [0.25, 0.3) is 0 Å². The van der Waals surface area contributed by atoms with E-state index in [4.69, 9.17) is 0 Å². The minimum absolute atomic E-state index is 0.269. The van der Waals surface area contributed by atoms with Crippen molar-refractivity contribution >= 4 is 21.9 Å². The number of carbonyl (C=O) groups excluding carboxylic acids is 1. The molecule has 1 heterocycles. The number of rotatable bonds is 5. The van der Waals surface area contributed by atoms with E-state index in [0.29, 0.717) is 13.1 Å². The van der Waals surface area contributed by atoms with Crippen molar-refractivity contribution in [2.24, 2.45) is 0 Å². The van der Waals surface area contributed by atoms with E-state index < -0.39 is 0 Å². The van der Waals surface area contributed by atoms with E-state index in [1.165, 1.54) is 7.11 Å². The van der Waals surface area contributed by atoms with Crippen LogP contribution in [0, 0.1) is 6.92 Å². The van der Waals surface area contributed by atoms with Crippen LogP contribution in [0.5, 0.6) is 0 Å². The largest absolute Gasteiger partial charge is 0.468 e. The Morgan fingerprint density at radius 3 is 2.94 bits per heavy atom. The number of hydrogen-bond donors (Lipinski definition) is 1. The quantitative estimate of drug-likeness (QED) is 0.657. The van der Waals surface area contributed by atoms with Crippen LogP contribution in [-0.2, 0) is 16.1 Å². The fourth-order valence-corrected chi connectivity index (χ4v) is 1.57. The van der Waals surface area contributed by atoms with Crippen LogP contribution in [-0.4, -0.2) is 29.4 Å². The van der Waals surface area contributed by atoms with Gasteiger partial charge in [0, 0.05) is 25.0 Å². The molecule has 1 N–H and O–H groups in total. The summed E-state index contributed by atoms with van der Waals surface area (Å²) >= 11 is 3.24. The normalized spacial score (nSPS) is 12.2. The molecule has 1 atom stereocenters. The lowest BCUT2D eigenvalue weighted by molar-refractivity contribution is -0.139. The zero-order valence-corrected chi connectivity index (χ0v) is 11.0. The number of hydrogen-bond acceptors (Lipinski definition) is 4. The number of aromatic nitrogens is 1. The molecule has 0 fully saturated rings. The highest BCUT2D eigenvalue weighted by Crippen LogP contribution is 2.02. The Balaban J connectivity index is 2.30. The van der Waals surface area contributed by atoms with Crippen LogP contribution in [0.2, 0.25) is 0 Å². The minimum Gasteiger partial charge on any atom is -0.468 e. The van der Waals surface area contributed by atoms with Gasteiger partial charge in [-0.05, 0) is 18.6 Å². The van der Waals surface area contributed by atoms with Crippen LogP contribution >= 0.6 is 15.9 Å². The number of aryl methyl sites for hydroxylation is 1. The number of halogens is 1. The summed E-state index contributed by atoms with van der Waals surface area (Å²) < 4.78 is 4.59. The van der Waals surface area contributed by atoms with Crippen molar-refractivity contribution in [2.75, 3.05) is 13.7 Å². The molecule has 0 bridgehead atoms. The molecule has 1 unspecified atom stereocenters. The lowest BCUT2D eigenvalue weighted by Gasteiger charge is -2.08. The Morgan fingerprint density at radius 2 is 2.38 bits per heavy atom. The highest BCUT2D eigenvalue weighted by atomic mass is 79.9. The predicted molar refractivity (Wildman–Crippen MR) is 65.4 cm³/mol. The Hall–Kier alpha value is -0.940. The van der Waals surface area contributed by atoms with E-state index in [1.54, 1.807) is 0 Å². The molecule has 0 saturated carbocycles.